The van der Waals surface area contributed by atoms with Crippen molar-refractivity contribution in [2.45, 2.75) is 19.8 Å². The average Bonchev–Trinajstić information content (AvgIpc) is 3.75. The zero-order valence-electron chi connectivity index (χ0n) is 28.8. The first-order chi connectivity index (χ1) is 25.8. The smallest absolute Gasteiger partial charge is 0.185 e. The molecule has 0 atom stereocenters. The van der Waals surface area contributed by atoms with Crippen LogP contribution in [0.4, 0.5) is 0 Å². The van der Waals surface area contributed by atoms with Crippen molar-refractivity contribution in [1.29, 1.82) is 0 Å². The van der Waals surface area contributed by atoms with Crippen molar-refractivity contribution in [3.05, 3.63) is 178 Å². The maximum absolute atomic E-state index is 13.2. The predicted molar refractivity (Wildman–Crippen MR) is 210 cm³/mol. The van der Waals surface area contributed by atoms with Gasteiger partial charge in [-0.1, -0.05) is 66.7 Å². The first-order valence-electron chi connectivity index (χ1n) is 17.3. The summed E-state index contributed by atoms with van der Waals surface area (Å²) in [5.74, 6) is -0.289. The molecule has 2 aromatic heterocycles. The Labute approximate surface area is 304 Å². The number of Topliss-reactive ketones (excluding diaryl/α,β-unsaturated/α-hetero) is 2. The third-order valence-electron chi connectivity index (χ3n) is 9.51. The Hall–Kier alpha value is -6.92. The number of carbonyl (C=O) groups excluding carboxylic acids is 4. The summed E-state index contributed by atoms with van der Waals surface area (Å²) in [6.45, 7) is 1.53. The lowest BCUT2D eigenvalue weighted by molar-refractivity contribution is 0.0980. The monoisotopic (exact) mass is 692 g/mol. The number of carbonyl (C=O) groups is 4. The third kappa shape index (κ3) is 6.90. The Balaban J connectivity index is 0.925. The van der Waals surface area contributed by atoms with Crippen molar-refractivity contribution in [2.75, 3.05) is 0 Å². The highest BCUT2D eigenvalue weighted by Gasteiger charge is 2.15. The van der Waals surface area contributed by atoms with Crippen LogP contribution >= 0.6 is 0 Å². The number of ketones is 4. The molecule has 2 heterocycles. The minimum absolute atomic E-state index is 0.0173. The molecule has 0 spiro atoms. The van der Waals surface area contributed by atoms with Crippen molar-refractivity contribution >= 4 is 79.2 Å². The Morgan fingerprint density at radius 1 is 0.491 bits per heavy atom. The highest BCUT2D eigenvalue weighted by Crippen LogP contribution is 2.32. The van der Waals surface area contributed by atoms with Crippen molar-refractivity contribution in [3.63, 3.8) is 0 Å². The molecule has 6 aromatic carbocycles. The molecule has 0 amide bonds. The van der Waals surface area contributed by atoms with Gasteiger partial charge in [0.05, 0.1) is 0 Å². The van der Waals surface area contributed by atoms with Crippen molar-refractivity contribution in [1.82, 2.24) is 0 Å². The predicted octanol–water partition coefficient (Wildman–Crippen LogP) is 11.3. The summed E-state index contributed by atoms with van der Waals surface area (Å²) in [6, 6.07) is 38.9. The Kier molecular flexibility index (Phi) is 8.78. The molecule has 256 valence electrons. The van der Waals surface area contributed by atoms with E-state index in [9.17, 15) is 19.2 Å². The highest BCUT2D eigenvalue weighted by molar-refractivity contribution is 6.15. The number of hydrogen-bond donors (Lipinski definition) is 0. The molecule has 8 aromatic rings. The summed E-state index contributed by atoms with van der Waals surface area (Å²) in [5.41, 5.74) is 7.67. The minimum Gasteiger partial charge on any atom is -0.456 e. The largest absolute Gasteiger partial charge is 0.456 e. The second kappa shape index (κ2) is 14.0. The van der Waals surface area contributed by atoms with E-state index in [0.29, 0.717) is 57.4 Å². The summed E-state index contributed by atoms with van der Waals surface area (Å²) in [6.07, 6.45) is 7.56. The molecule has 0 N–H and O–H groups in total. The first kappa shape index (κ1) is 33.2. The molecule has 0 unspecified atom stereocenters. The van der Waals surface area contributed by atoms with Gasteiger partial charge < -0.3 is 8.83 Å². The van der Waals surface area contributed by atoms with Crippen LogP contribution in [0.15, 0.2) is 148 Å². The van der Waals surface area contributed by atoms with Gasteiger partial charge in [-0.05, 0) is 115 Å². The van der Waals surface area contributed by atoms with Gasteiger partial charge in [0, 0.05) is 50.2 Å². The van der Waals surface area contributed by atoms with Gasteiger partial charge in [0.25, 0.3) is 0 Å². The molecule has 6 nitrogen and oxygen atoms in total. The molecule has 0 aliphatic heterocycles. The normalized spacial score (nSPS) is 11.8. The number of rotatable bonds is 11. The lowest BCUT2D eigenvalue weighted by atomic mass is 9.99. The fraction of sp³-hybridized carbons (Fsp3) is 0.0638. The van der Waals surface area contributed by atoms with Gasteiger partial charge in [-0.3, -0.25) is 19.2 Å². The van der Waals surface area contributed by atoms with Gasteiger partial charge in [0.1, 0.15) is 22.3 Å². The van der Waals surface area contributed by atoms with E-state index >= 15 is 0 Å². The van der Waals surface area contributed by atoms with Crippen molar-refractivity contribution in [2.24, 2.45) is 0 Å². The van der Waals surface area contributed by atoms with E-state index < -0.39 is 0 Å². The number of benzene rings is 6. The van der Waals surface area contributed by atoms with Gasteiger partial charge >= 0.3 is 0 Å². The number of fused-ring (bicyclic) bond motifs is 6. The molecule has 8 rings (SSSR count). The number of furan rings is 2. The second-order valence-electron chi connectivity index (χ2n) is 13.1. The van der Waals surface area contributed by atoms with Gasteiger partial charge in [0.2, 0.25) is 0 Å². The van der Waals surface area contributed by atoms with Crippen LogP contribution in [0.1, 0.15) is 71.5 Å². The zero-order chi connectivity index (χ0) is 36.5. The molecule has 0 fully saturated rings. The molecule has 0 aliphatic rings. The average molecular weight is 693 g/mol. The molecule has 6 heteroatoms. The number of allylic oxidation sites excluding steroid dienone is 2. The van der Waals surface area contributed by atoms with Crippen LogP contribution in [-0.2, 0) is 6.42 Å². The molecular weight excluding hydrogens is 661 g/mol. The maximum Gasteiger partial charge on any atom is 0.185 e. The lowest BCUT2D eigenvalue weighted by Gasteiger charge is -2.04. The van der Waals surface area contributed by atoms with E-state index in [4.69, 9.17) is 8.83 Å². The first-order valence-corrected chi connectivity index (χ1v) is 17.3. The SMILES string of the molecule is CC(=O)c1ccc2oc3ccc(C(=O)CCc4ccc(/C=C/C(=O)c5ccc6oc7ccc(C(=O)/C=C/c8ccccc8)cc7c6c5)cc4)cc3c2c1. The molecule has 0 saturated carbocycles. The van der Waals surface area contributed by atoms with Crippen molar-refractivity contribution < 1.29 is 28.0 Å². The minimum atomic E-state index is -0.158. The third-order valence-corrected chi connectivity index (χ3v) is 9.51. The Bertz CT molecular complexity index is 2790. The summed E-state index contributed by atoms with van der Waals surface area (Å²) in [7, 11) is 0. The number of aryl methyl sites for hydroxylation is 1. The van der Waals surface area contributed by atoms with E-state index in [1.807, 2.05) is 72.8 Å². The van der Waals surface area contributed by atoms with Crippen LogP contribution in [-0.4, -0.2) is 23.1 Å². The van der Waals surface area contributed by atoms with Crippen LogP contribution in [0.3, 0.4) is 0 Å². The van der Waals surface area contributed by atoms with Gasteiger partial charge in [0.15, 0.2) is 23.1 Å². The van der Waals surface area contributed by atoms with Gasteiger partial charge in [-0.15, -0.1) is 0 Å². The molecule has 53 heavy (non-hydrogen) atoms. The summed E-state index contributed by atoms with van der Waals surface area (Å²) >= 11 is 0. The molecular formula is C47H32O6. The van der Waals surface area contributed by atoms with Crippen LogP contribution in [0.5, 0.6) is 0 Å². The summed E-state index contributed by atoms with van der Waals surface area (Å²) in [4.78, 5) is 51.3. The Morgan fingerprint density at radius 3 is 1.43 bits per heavy atom. The molecule has 0 saturated heterocycles. The Morgan fingerprint density at radius 2 is 0.925 bits per heavy atom. The van der Waals surface area contributed by atoms with E-state index in [1.165, 1.54) is 6.92 Å². The summed E-state index contributed by atoms with van der Waals surface area (Å²) in [5, 5.41) is 3.16. The van der Waals surface area contributed by atoms with Crippen LogP contribution in [0, 0.1) is 0 Å². The molecule has 0 radical (unpaired) electrons. The van der Waals surface area contributed by atoms with Gasteiger partial charge in [-0.25, -0.2) is 0 Å². The fourth-order valence-corrected chi connectivity index (χ4v) is 6.55. The van der Waals surface area contributed by atoms with Gasteiger partial charge in [-0.2, -0.15) is 0 Å². The number of hydrogen-bond acceptors (Lipinski definition) is 6. The standard InChI is InChI=1S/C47H32O6/c1-29(48)33-14-21-44-37(25-33)38-26-34(15-22-45(38)52-44)42(50)19-12-31-7-9-32(10-8-31)13-20-43(51)36-17-24-47-40(28-36)39-27-35(16-23-46(39)53-47)41(49)18-11-30-5-3-2-4-6-30/h2-11,13-18,20-28H,12,19H2,1H3/b18-11+,20-13+. The summed E-state index contributed by atoms with van der Waals surface area (Å²) < 4.78 is 11.9. The highest BCUT2D eigenvalue weighted by atomic mass is 16.3. The van der Waals surface area contributed by atoms with Crippen molar-refractivity contribution in [3.8, 4) is 0 Å². The maximum atomic E-state index is 13.2. The fourth-order valence-electron chi connectivity index (χ4n) is 6.55. The van der Waals surface area contributed by atoms with E-state index in [2.05, 4.69) is 0 Å². The molecule has 0 aliphatic carbocycles. The van der Waals surface area contributed by atoms with Crippen LogP contribution in [0.2, 0.25) is 0 Å². The molecule has 0 bridgehead atoms. The van der Waals surface area contributed by atoms with E-state index in [1.54, 1.807) is 78.9 Å². The topological polar surface area (TPSA) is 94.6 Å². The van der Waals surface area contributed by atoms with Crippen LogP contribution < -0.4 is 0 Å². The lowest BCUT2D eigenvalue weighted by Crippen LogP contribution is -2.01. The van der Waals surface area contributed by atoms with Crippen LogP contribution in [0.25, 0.3) is 56.0 Å². The second-order valence-corrected chi connectivity index (χ2v) is 13.1. The quantitative estimate of drug-likeness (QED) is 0.0989. The zero-order valence-corrected chi connectivity index (χ0v) is 28.8. The van der Waals surface area contributed by atoms with E-state index in [-0.39, 0.29) is 23.1 Å². The van der Waals surface area contributed by atoms with E-state index in [0.717, 1.165) is 38.2 Å².